The van der Waals surface area contributed by atoms with Crippen molar-refractivity contribution in [2.45, 2.75) is 45.0 Å². The maximum absolute atomic E-state index is 11.0. The molecular weight excluding hydrogens is 352 g/mol. The van der Waals surface area contributed by atoms with Crippen LogP contribution in [0.15, 0.2) is 23.1 Å². The molecule has 1 amide bonds. The molecule has 0 aromatic carbocycles. The quantitative estimate of drug-likeness (QED) is 0.324. The minimum absolute atomic E-state index is 0.0163. The van der Waals surface area contributed by atoms with Crippen LogP contribution >= 0.6 is 11.8 Å². The van der Waals surface area contributed by atoms with Crippen LogP contribution in [0.25, 0.3) is 0 Å². The predicted molar refractivity (Wildman–Crippen MR) is 106 cm³/mol. The van der Waals surface area contributed by atoms with Crippen LogP contribution in [0.1, 0.15) is 32.6 Å². The van der Waals surface area contributed by atoms with Gasteiger partial charge in [0.05, 0.1) is 6.54 Å². The molecule has 8 heteroatoms. The van der Waals surface area contributed by atoms with Crippen molar-refractivity contribution in [2.75, 3.05) is 33.2 Å². The molecule has 26 heavy (non-hydrogen) atoms. The van der Waals surface area contributed by atoms with Crippen molar-refractivity contribution in [1.29, 1.82) is 0 Å². The molecule has 1 aliphatic rings. The average Bonchev–Trinajstić information content (AvgIpc) is 2.64. The molecule has 1 unspecified atom stereocenters. The first-order valence-corrected chi connectivity index (χ1v) is 9.93. The second kappa shape index (κ2) is 13.1. The van der Waals surface area contributed by atoms with Gasteiger partial charge in [0.15, 0.2) is 6.35 Å². The molecule has 0 aromatic rings. The molecule has 1 fully saturated rings. The number of thioether (sulfide) groups is 1. The van der Waals surface area contributed by atoms with Gasteiger partial charge >= 0.3 is 0 Å². The summed E-state index contributed by atoms with van der Waals surface area (Å²) in [5, 5.41) is 19.3. The first-order chi connectivity index (χ1) is 12.5. The van der Waals surface area contributed by atoms with E-state index in [2.05, 4.69) is 29.2 Å². The number of piperidine rings is 1. The summed E-state index contributed by atoms with van der Waals surface area (Å²) in [5.74, 6) is 0.0163. The van der Waals surface area contributed by atoms with Crippen molar-refractivity contribution >= 4 is 24.0 Å². The van der Waals surface area contributed by atoms with Gasteiger partial charge in [-0.25, -0.2) is 0 Å². The second-order valence-electron chi connectivity index (χ2n) is 6.52. The molecule has 0 spiro atoms. The van der Waals surface area contributed by atoms with E-state index in [-0.39, 0.29) is 12.3 Å². The van der Waals surface area contributed by atoms with Gasteiger partial charge in [0.25, 0.3) is 0 Å². The highest BCUT2D eigenvalue weighted by Gasteiger charge is 2.25. The van der Waals surface area contributed by atoms with Crippen LogP contribution < -0.4 is 10.6 Å². The van der Waals surface area contributed by atoms with Crippen LogP contribution in [0.5, 0.6) is 0 Å². The van der Waals surface area contributed by atoms with Crippen LogP contribution in [0.2, 0.25) is 0 Å². The second-order valence-corrected chi connectivity index (χ2v) is 7.36. The maximum Gasteiger partial charge on any atom is 0.211 e. The summed E-state index contributed by atoms with van der Waals surface area (Å²) in [5.41, 5.74) is 0.910. The molecule has 148 valence electrons. The Labute approximate surface area is 160 Å². The molecule has 1 heterocycles. The maximum atomic E-state index is 11.0. The first-order valence-electron chi connectivity index (χ1n) is 8.98. The van der Waals surface area contributed by atoms with Crippen molar-refractivity contribution in [2.24, 2.45) is 0 Å². The number of allylic oxidation sites excluding steroid dienone is 1. The van der Waals surface area contributed by atoms with E-state index in [4.69, 9.17) is 0 Å². The number of carbonyl (C=O) groups excluding carboxylic acids is 2. The number of aliphatic hydroxyl groups excluding tert-OH is 1. The molecule has 0 radical (unpaired) electrons. The van der Waals surface area contributed by atoms with Gasteiger partial charge in [0.2, 0.25) is 6.41 Å². The average molecular weight is 385 g/mol. The number of Topliss-reactive ketones (excluding diaryl/α,β-unsaturated/α-hetero) is 1. The highest BCUT2D eigenvalue weighted by atomic mass is 32.2. The third kappa shape index (κ3) is 8.95. The fraction of sp³-hybridized carbons (Fsp3) is 0.667. The first kappa shape index (κ1) is 22.9. The normalized spacial score (nSPS) is 17.9. The van der Waals surface area contributed by atoms with E-state index < -0.39 is 6.35 Å². The van der Waals surface area contributed by atoms with E-state index >= 15 is 0 Å². The summed E-state index contributed by atoms with van der Waals surface area (Å²) in [4.78, 5) is 26.0. The summed E-state index contributed by atoms with van der Waals surface area (Å²) in [6.07, 6.45) is 3.70. The van der Waals surface area contributed by atoms with Crippen LogP contribution in [0.3, 0.4) is 0 Å². The minimum Gasteiger partial charge on any atom is -0.365 e. The standard InChI is InChI=1S/C18H32N4O3S/c1-4-26-13-16(20-14-23)6-5-9-21(3)17-7-10-22(11-8-17)18(25)19-12-15(2)24/h4,13-14,17-19,25H,1,5-12H2,2-3H3,(H,20,23)/b16-13+. The molecule has 1 aliphatic heterocycles. The third-order valence-corrected chi connectivity index (χ3v) is 5.12. The molecule has 1 atom stereocenters. The van der Waals surface area contributed by atoms with E-state index in [1.165, 1.54) is 18.7 Å². The van der Waals surface area contributed by atoms with Crippen molar-refractivity contribution in [3.8, 4) is 0 Å². The summed E-state index contributed by atoms with van der Waals surface area (Å²) in [6.45, 7) is 7.90. The lowest BCUT2D eigenvalue weighted by Crippen LogP contribution is -2.52. The molecular formula is C18H32N4O3S. The Bertz CT molecular complexity index is 479. The lowest BCUT2D eigenvalue weighted by Gasteiger charge is -2.38. The van der Waals surface area contributed by atoms with Crippen molar-refractivity contribution in [3.63, 3.8) is 0 Å². The number of amides is 1. The number of aliphatic hydroxyl groups is 1. The van der Waals surface area contributed by atoms with E-state index in [1.807, 2.05) is 10.3 Å². The van der Waals surface area contributed by atoms with Crippen molar-refractivity contribution in [3.05, 3.63) is 23.1 Å². The fourth-order valence-corrected chi connectivity index (χ4v) is 3.45. The van der Waals surface area contributed by atoms with Crippen molar-refractivity contribution in [1.82, 2.24) is 20.4 Å². The van der Waals surface area contributed by atoms with Crippen LogP contribution in [-0.2, 0) is 9.59 Å². The van der Waals surface area contributed by atoms with E-state index in [1.54, 1.807) is 5.41 Å². The topological polar surface area (TPSA) is 84.9 Å². The smallest absolute Gasteiger partial charge is 0.211 e. The van der Waals surface area contributed by atoms with Gasteiger partial charge in [0.1, 0.15) is 5.78 Å². The lowest BCUT2D eigenvalue weighted by atomic mass is 10.0. The fourth-order valence-electron chi connectivity index (χ4n) is 3.01. The number of ketones is 1. The number of nitrogens with one attached hydrogen (secondary N) is 2. The van der Waals surface area contributed by atoms with Gasteiger partial charge in [-0.1, -0.05) is 6.58 Å². The molecule has 0 bridgehead atoms. The van der Waals surface area contributed by atoms with Crippen LogP contribution in [-0.4, -0.2) is 72.7 Å². The van der Waals surface area contributed by atoms with Gasteiger partial charge in [0, 0.05) is 24.8 Å². The molecule has 0 saturated carbocycles. The SMILES string of the molecule is C=CS/C=C(\CCCN(C)C1CCN(C(O)NCC(C)=O)CC1)NC=O. The molecule has 0 aromatic heterocycles. The number of hydrogen-bond donors (Lipinski definition) is 3. The summed E-state index contributed by atoms with van der Waals surface area (Å²) < 4.78 is 0. The van der Waals surface area contributed by atoms with Gasteiger partial charge in [-0.15, -0.1) is 11.8 Å². The number of nitrogens with zero attached hydrogens (tertiary/aromatic N) is 2. The zero-order valence-electron chi connectivity index (χ0n) is 15.8. The Morgan fingerprint density at radius 1 is 1.46 bits per heavy atom. The largest absolute Gasteiger partial charge is 0.365 e. The Balaban J connectivity index is 2.30. The lowest BCUT2D eigenvalue weighted by molar-refractivity contribution is -0.118. The van der Waals surface area contributed by atoms with Gasteiger partial charge in [-0.3, -0.25) is 19.8 Å². The molecule has 7 nitrogen and oxygen atoms in total. The number of likely N-dealkylation sites (tertiary alicyclic amines) is 1. The Morgan fingerprint density at radius 3 is 2.73 bits per heavy atom. The molecule has 1 rings (SSSR count). The Morgan fingerprint density at radius 2 is 2.15 bits per heavy atom. The Kier molecular flexibility index (Phi) is 11.5. The van der Waals surface area contributed by atoms with E-state index in [0.717, 1.165) is 51.0 Å². The summed E-state index contributed by atoms with van der Waals surface area (Å²) in [7, 11) is 2.12. The zero-order valence-corrected chi connectivity index (χ0v) is 16.6. The monoisotopic (exact) mass is 384 g/mol. The summed E-state index contributed by atoms with van der Waals surface area (Å²) >= 11 is 1.46. The van der Waals surface area contributed by atoms with E-state index in [0.29, 0.717) is 12.5 Å². The third-order valence-electron chi connectivity index (χ3n) is 4.51. The Hall–Kier alpha value is -1.19. The van der Waals surface area contributed by atoms with Gasteiger partial charge < -0.3 is 15.3 Å². The van der Waals surface area contributed by atoms with Crippen LogP contribution in [0, 0.1) is 0 Å². The zero-order chi connectivity index (χ0) is 19.4. The number of carbonyl (C=O) groups is 2. The number of hydrogen-bond acceptors (Lipinski definition) is 7. The summed E-state index contributed by atoms with van der Waals surface area (Å²) in [6, 6.07) is 0.486. The molecule has 3 N–H and O–H groups in total. The van der Waals surface area contributed by atoms with Gasteiger partial charge in [-0.2, -0.15) is 0 Å². The van der Waals surface area contributed by atoms with Crippen LogP contribution in [0.4, 0.5) is 0 Å². The molecule has 1 saturated heterocycles. The molecule has 0 aliphatic carbocycles. The van der Waals surface area contributed by atoms with Gasteiger partial charge in [-0.05, 0) is 57.0 Å². The van der Waals surface area contributed by atoms with Crippen molar-refractivity contribution < 1.29 is 14.7 Å². The number of rotatable bonds is 13. The minimum atomic E-state index is -0.755. The highest BCUT2D eigenvalue weighted by molar-refractivity contribution is 8.04. The predicted octanol–water partition coefficient (Wildman–Crippen LogP) is 1.08. The highest BCUT2D eigenvalue weighted by Crippen LogP contribution is 2.17. The van der Waals surface area contributed by atoms with E-state index in [9.17, 15) is 14.7 Å².